The lowest BCUT2D eigenvalue weighted by Gasteiger charge is -2.15. The molecule has 1 heterocycles. The van der Waals surface area contributed by atoms with E-state index in [4.69, 9.17) is 16.3 Å². The molecule has 0 aromatic heterocycles. The highest BCUT2D eigenvalue weighted by Gasteiger charge is 2.26. The Kier molecular flexibility index (Phi) is 2.91. The number of halogens is 1. The van der Waals surface area contributed by atoms with Crippen LogP contribution in [0.2, 0.25) is 5.02 Å². The van der Waals surface area contributed by atoms with Crippen LogP contribution in [-0.2, 0) is 0 Å². The molecule has 1 aliphatic heterocycles. The number of hydrogen-bond donors (Lipinski definition) is 2. The summed E-state index contributed by atoms with van der Waals surface area (Å²) in [6, 6.07) is 7.19. The fourth-order valence-electron chi connectivity index (χ4n) is 1.48. The van der Waals surface area contributed by atoms with Gasteiger partial charge in [-0.25, -0.2) is 0 Å². The quantitative estimate of drug-likeness (QED) is 0.772. The molecular formula is C10H12ClNO2. The SMILES string of the molecule is O[C@@H]1CNC[C@H]1Oc1cccc(Cl)c1. The predicted molar refractivity (Wildman–Crippen MR) is 54.7 cm³/mol. The Balaban J connectivity index is 2.03. The Bertz CT molecular complexity index is 319. The maximum Gasteiger partial charge on any atom is 0.138 e. The molecule has 1 saturated heterocycles. The lowest BCUT2D eigenvalue weighted by molar-refractivity contribution is 0.0738. The van der Waals surface area contributed by atoms with Crippen molar-refractivity contribution in [3.63, 3.8) is 0 Å². The normalized spacial score (nSPS) is 26.4. The highest BCUT2D eigenvalue weighted by Crippen LogP contribution is 2.19. The summed E-state index contributed by atoms with van der Waals surface area (Å²) in [6.07, 6.45) is -0.609. The number of hydrogen-bond acceptors (Lipinski definition) is 3. The van der Waals surface area contributed by atoms with Crippen LogP contribution in [0.4, 0.5) is 0 Å². The zero-order valence-electron chi connectivity index (χ0n) is 7.61. The monoisotopic (exact) mass is 213 g/mol. The Morgan fingerprint density at radius 3 is 2.93 bits per heavy atom. The third-order valence-corrected chi connectivity index (χ3v) is 2.45. The van der Waals surface area contributed by atoms with Gasteiger partial charge in [-0.15, -0.1) is 0 Å². The molecule has 2 rings (SSSR count). The minimum Gasteiger partial charge on any atom is -0.486 e. The van der Waals surface area contributed by atoms with Crippen LogP contribution < -0.4 is 10.1 Å². The van der Waals surface area contributed by atoms with E-state index in [1.54, 1.807) is 12.1 Å². The van der Waals surface area contributed by atoms with E-state index in [1.165, 1.54) is 0 Å². The van der Waals surface area contributed by atoms with E-state index in [0.717, 1.165) is 0 Å². The maximum atomic E-state index is 9.50. The number of β-amino-alcohol motifs (C(OH)–C–C–N with tert-alkyl or cyclic N) is 1. The van der Waals surface area contributed by atoms with Crippen LogP contribution in [0.3, 0.4) is 0 Å². The van der Waals surface area contributed by atoms with Gasteiger partial charge in [0.15, 0.2) is 0 Å². The zero-order chi connectivity index (χ0) is 9.97. The standard InChI is InChI=1S/C10H12ClNO2/c11-7-2-1-3-8(4-7)14-10-6-12-5-9(10)13/h1-4,9-10,12-13H,5-6H2/t9-,10-/m1/s1. The fourth-order valence-corrected chi connectivity index (χ4v) is 1.66. The van der Waals surface area contributed by atoms with Gasteiger partial charge in [0.2, 0.25) is 0 Å². The minimum absolute atomic E-state index is 0.173. The first kappa shape index (κ1) is 9.77. The molecule has 2 N–H and O–H groups in total. The molecule has 4 heteroatoms. The van der Waals surface area contributed by atoms with Crippen molar-refractivity contribution >= 4 is 11.6 Å². The fraction of sp³-hybridized carbons (Fsp3) is 0.400. The highest BCUT2D eigenvalue weighted by molar-refractivity contribution is 6.30. The Morgan fingerprint density at radius 2 is 2.29 bits per heavy atom. The topological polar surface area (TPSA) is 41.5 Å². The third-order valence-electron chi connectivity index (χ3n) is 2.21. The van der Waals surface area contributed by atoms with Crippen LogP contribution in [0.5, 0.6) is 5.75 Å². The van der Waals surface area contributed by atoms with Gasteiger partial charge in [0.25, 0.3) is 0 Å². The molecule has 0 unspecified atom stereocenters. The summed E-state index contributed by atoms with van der Waals surface area (Å²) >= 11 is 5.81. The van der Waals surface area contributed by atoms with Crippen molar-refractivity contribution in [3.05, 3.63) is 29.3 Å². The van der Waals surface area contributed by atoms with Crippen molar-refractivity contribution in [2.75, 3.05) is 13.1 Å². The molecule has 0 spiro atoms. The number of benzene rings is 1. The van der Waals surface area contributed by atoms with Crippen molar-refractivity contribution in [1.29, 1.82) is 0 Å². The molecule has 0 aliphatic carbocycles. The molecule has 14 heavy (non-hydrogen) atoms. The van der Waals surface area contributed by atoms with Gasteiger partial charge >= 0.3 is 0 Å². The number of ether oxygens (including phenoxy) is 1. The average Bonchev–Trinajstić information content (AvgIpc) is 2.52. The molecule has 1 aromatic rings. The molecule has 76 valence electrons. The Morgan fingerprint density at radius 1 is 1.43 bits per heavy atom. The maximum absolute atomic E-state index is 9.50. The van der Waals surface area contributed by atoms with E-state index >= 15 is 0 Å². The van der Waals surface area contributed by atoms with Crippen molar-refractivity contribution in [3.8, 4) is 5.75 Å². The number of aliphatic hydroxyl groups excluding tert-OH is 1. The van der Waals surface area contributed by atoms with Gasteiger partial charge in [0.1, 0.15) is 18.0 Å². The van der Waals surface area contributed by atoms with Crippen molar-refractivity contribution in [1.82, 2.24) is 5.32 Å². The number of nitrogens with one attached hydrogen (secondary N) is 1. The van der Waals surface area contributed by atoms with Crippen LogP contribution in [0, 0.1) is 0 Å². The van der Waals surface area contributed by atoms with Crippen molar-refractivity contribution < 1.29 is 9.84 Å². The summed E-state index contributed by atoms with van der Waals surface area (Å²) in [7, 11) is 0. The molecular weight excluding hydrogens is 202 g/mol. The van der Waals surface area contributed by atoms with Gasteiger partial charge in [-0.3, -0.25) is 0 Å². The van der Waals surface area contributed by atoms with E-state index in [2.05, 4.69) is 5.32 Å². The van der Waals surface area contributed by atoms with Gasteiger partial charge in [0.05, 0.1) is 0 Å². The predicted octanol–water partition coefficient (Wildman–Crippen LogP) is 1.05. The van der Waals surface area contributed by atoms with Crippen molar-refractivity contribution in [2.24, 2.45) is 0 Å². The Labute approximate surface area is 87.6 Å². The summed E-state index contributed by atoms with van der Waals surface area (Å²) in [5.41, 5.74) is 0. The molecule has 2 atom stereocenters. The van der Waals surface area contributed by atoms with Crippen molar-refractivity contribution in [2.45, 2.75) is 12.2 Å². The molecule has 0 bridgehead atoms. The van der Waals surface area contributed by atoms with Gasteiger partial charge in [-0.1, -0.05) is 17.7 Å². The molecule has 0 radical (unpaired) electrons. The lowest BCUT2D eigenvalue weighted by atomic mass is 10.2. The largest absolute Gasteiger partial charge is 0.486 e. The van der Waals surface area contributed by atoms with E-state index < -0.39 is 6.10 Å². The summed E-state index contributed by atoms with van der Waals surface area (Å²) in [5, 5.41) is 13.2. The minimum atomic E-state index is -0.436. The van der Waals surface area contributed by atoms with Crippen LogP contribution in [0.25, 0.3) is 0 Å². The summed E-state index contributed by atoms with van der Waals surface area (Å²) in [4.78, 5) is 0. The summed E-state index contributed by atoms with van der Waals surface area (Å²) < 4.78 is 5.57. The molecule has 1 fully saturated rings. The molecule has 0 saturated carbocycles. The average molecular weight is 214 g/mol. The van der Waals surface area contributed by atoms with E-state index in [1.807, 2.05) is 12.1 Å². The first-order chi connectivity index (χ1) is 6.75. The van der Waals surface area contributed by atoms with Crippen LogP contribution in [0.1, 0.15) is 0 Å². The molecule has 0 amide bonds. The highest BCUT2D eigenvalue weighted by atomic mass is 35.5. The van der Waals surface area contributed by atoms with Crippen LogP contribution >= 0.6 is 11.6 Å². The Hall–Kier alpha value is -0.770. The first-order valence-electron chi connectivity index (χ1n) is 4.57. The van der Waals surface area contributed by atoms with Crippen LogP contribution in [-0.4, -0.2) is 30.4 Å². The van der Waals surface area contributed by atoms with Gasteiger partial charge in [-0.05, 0) is 18.2 Å². The van der Waals surface area contributed by atoms with E-state index in [9.17, 15) is 5.11 Å². The van der Waals surface area contributed by atoms with E-state index in [-0.39, 0.29) is 6.10 Å². The van der Waals surface area contributed by atoms with Gasteiger partial charge < -0.3 is 15.2 Å². The van der Waals surface area contributed by atoms with Gasteiger partial charge in [-0.2, -0.15) is 0 Å². The second-order valence-corrected chi connectivity index (χ2v) is 3.78. The summed E-state index contributed by atoms with van der Waals surface area (Å²) in [5.74, 6) is 0.699. The smallest absolute Gasteiger partial charge is 0.138 e. The number of rotatable bonds is 2. The molecule has 1 aromatic carbocycles. The van der Waals surface area contributed by atoms with Gasteiger partial charge in [0, 0.05) is 18.1 Å². The lowest BCUT2D eigenvalue weighted by Crippen LogP contribution is -2.29. The third kappa shape index (κ3) is 2.18. The summed E-state index contributed by atoms with van der Waals surface area (Å²) in [6.45, 7) is 1.26. The first-order valence-corrected chi connectivity index (χ1v) is 4.94. The second-order valence-electron chi connectivity index (χ2n) is 3.34. The zero-order valence-corrected chi connectivity index (χ0v) is 8.37. The molecule has 1 aliphatic rings. The van der Waals surface area contributed by atoms with E-state index in [0.29, 0.717) is 23.9 Å². The second kappa shape index (κ2) is 4.17. The number of aliphatic hydroxyl groups is 1. The molecule has 3 nitrogen and oxygen atoms in total. The van der Waals surface area contributed by atoms with Crippen LogP contribution in [0.15, 0.2) is 24.3 Å².